The second-order valence-corrected chi connectivity index (χ2v) is 8.61. The number of sulfonamides is 1. The number of hydrogen-bond donors (Lipinski definition) is 1. The fourth-order valence-corrected chi connectivity index (χ4v) is 4.59. The van der Waals surface area contributed by atoms with Crippen LogP contribution in [0.5, 0.6) is 0 Å². The average molecular weight is 373 g/mol. The molecule has 1 atom stereocenters. The number of piperidine rings is 1. The van der Waals surface area contributed by atoms with Crippen molar-refractivity contribution in [3.05, 3.63) is 53.7 Å². The van der Waals surface area contributed by atoms with E-state index in [0.717, 1.165) is 11.1 Å². The van der Waals surface area contributed by atoms with Gasteiger partial charge in [0, 0.05) is 19.3 Å². The maximum Gasteiger partial charge on any atom is 0.243 e. The molecule has 0 radical (unpaired) electrons. The Morgan fingerprint density at radius 1 is 1.19 bits per heavy atom. The number of carbonyl (C=O) groups is 1. The lowest BCUT2D eigenvalue weighted by molar-refractivity contribution is -0.120. The maximum atomic E-state index is 12.9. The molecule has 1 aliphatic rings. The summed E-state index contributed by atoms with van der Waals surface area (Å²) >= 11 is 0. The number of pyridine rings is 1. The lowest BCUT2D eigenvalue weighted by Gasteiger charge is -2.31. The van der Waals surface area contributed by atoms with Crippen LogP contribution in [0.15, 0.2) is 47.5 Å². The van der Waals surface area contributed by atoms with Crippen molar-refractivity contribution < 1.29 is 13.2 Å². The zero-order valence-electron chi connectivity index (χ0n) is 15.0. The Labute approximate surface area is 154 Å². The number of carbonyl (C=O) groups excluding carboxylic acids is 1. The first-order chi connectivity index (χ1) is 12.4. The van der Waals surface area contributed by atoms with Crippen LogP contribution >= 0.6 is 0 Å². The summed E-state index contributed by atoms with van der Waals surface area (Å²) in [6.45, 7) is 4.41. The summed E-state index contributed by atoms with van der Waals surface area (Å²) in [5.41, 5.74) is 1.88. The van der Waals surface area contributed by atoms with Gasteiger partial charge in [0.1, 0.15) is 5.82 Å². The summed E-state index contributed by atoms with van der Waals surface area (Å²) in [6, 6.07) is 10.5. The minimum absolute atomic E-state index is 0.185. The molecule has 0 bridgehead atoms. The second kappa shape index (κ2) is 7.55. The molecule has 138 valence electrons. The Balaban J connectivity index is 1.73. The number of hydrogen-bond acceptors (Lipinski definition) is 4. The summed E-state index contributed by atoms with van der Waals surface area (Å²) in [5, 5.41) is 2.83. The lowest BCUT2D eigenvalue weighted by atomic mass is 9.99. The largest absolute Gasteiger partial charge is 0.310 e. The van der Waals surface area contributed by atoms with E-state index in [2.05, 4.69) is 10.3 Å². The Morgan fingerprint density at radius 2 is 1.92 bits per heavy atom. The first kappa shape index (κ1) is 18.5. The highest BCUT2D eigenvalue weighted by Gasteiger charge is 2.33. The third kappa shape index (κ3) is 3.94. The molecular weight excluding hydrogens is 350 g/mol. The molecule has 7 heteroatoms. The molecular formula is C19H23N3O3S. The number of aryl methyl sites for hydroxylation is 2. The monoisotopic (exact) mass is 373 g/mol. The van der Waals surface area contributed by atoms with Crippen LogP contribution < -0.4 is 5.32 Å². The molecule has 2 heterocycles. The number of rotatable bonds is 4. The summed E-state index contributed by atoms with van der Waals surface area (Å²) in [5.74, 6) is -0.0444. The van der Waals surface area contributed by atoms with Gasteiger partial charge >= 0.3 is 0 Å². The third-order valence-electron chi connectivity index (χ3n) is 4.66. The zero-order valence-corrected chi connectivity index (χ0v) is 15.8. The molecule has 0 unspecified atom stereocenters. The quantitative estimate of drug-likeness (QED) is 0.894. The van der Waals surface area contributed by atoms with Crippen LogP contribution in [0.2, 0.25) is 0 Å². The van der Waals surface area contributed by atoms with Crippen molar-refractivity contribution in [2.45, 2.75) is 31.6 Å². The van der Waals surface area contributed by atoms with E-state index in [1.165, 1.54) is 4.31 Å². The average Bonchev–Trinajstić information content (AvgIpc) is 2.64. The molecule has 1 aromatic carbocycles. The minimum Gasteiger partial charge on any atom is -0.310 e. The standard InChI is InChI=1S/C19H23N3O3S/c1-14-7-9-17(10-8-14)26(24,25)22-12-4-6-16(13-22)19(23)21-18-15(2)5-3-11-20-18/h3,5,7-11,16H,4,6,12-13H2,1-2H3,(H,20,21,23)/t16-/m0/s1. The fourth-order valence-electron chi connectivity index (χ4n) is 3.07. The number of nitrogens with zero attached hydrogens (tertiary/aromatic N) is 2. The summed E-state index contributed by atoms with van der Waals surface area (Å²) in [6.07, 6.45) is 2.94. The smallest absolute Gasteiger partial charge is 0.243 e. The molecule has 1 saturated heterocycles. The molecule has 0 saturated carbocycles. The van der Waals surface area contributed by atoms with Crippen molar-refractivity contribution in [1.29, 1.82) is 0 Å². The molecule has 1 amide bonds. The molecule has 1 aliphatic heterocycles. The number of anilines is 1. The van der Waals surface area contributed by atoms with Crippen molar-refractivity contribution in [2.24, 2.45) is 5.92 Å². The van der Waals surface area contributed by atoms with Gasteiger partial charge in [-0.05, 0) is 50.5 Å². The highest BCUT2D eigenvalue weighted by molar-refractivity contribution is 7.89. The van der Waals surface area contributed by atoms with E-state index in [4.69, 9.17) is 0 Å². The lowest BCUT2D eigenvalue weighted by Crippen LogP contribution is -2.43. The van der Waals surface area contributed by atoms with Gasteiger partial charge in [0.25, 0.3) is 0 Å². The van der Waals surface area contributed by atoms with E-state index in [1.807, 2.05) is 26.0 Å². The molecule has 0 aliphatic carbocycles. The van der Waals surface area contributed by atoms with Crippen LogP contribution in [0.4, 0.5) is 5.82 Å². The van der Waals surface area contributed by atoms with Gasteiger partial charge in [0.15, 0.2) is 0 Å². The molecule has 3 rings (SSSR count). The van der Waals surface area contributed by atoms with Crippen molar-refractivity contribution in [3.8, 4) is 0 Å². The molecule has 1 fully saturated rings. The van der Waals surface area contributed by atoms with Gasteiger partial charge in [-0.1, -0.05) is 23.8 Å². The topological polar surface area (TPSA) is 79.4 Å². The van der Waals surface area contributed by atoms with Gasteiger partial charge in [-0.2, -0.15) is 4.31 Å². The van der Waals surface area contributed by atoms with E-state index < -0.39 is 10.0 Å². The highest BCUT2D eigenvalue weighted by Crippen LogP contribution is 2.25. The van der Waals surface area contributed by atoms with Crippen molar-refractivity contribution in [3.63, 3.8) is 0 Å². The molecule has 1 aromatic heterocycles. The first-order valence-electron chi connectivity index (χ1n) is 8.67. The van der Waals surface area contributed by atoms with E-state index in [-0.39, 0.29) is 23.3 Å². The Hall–Kier alpha value is -2.25. The van der Waals surface area contributed by atoms with Gasteiger partial charge in [0.2, 0.25) is 15.9 Å². The predicted octanol–water partition coefficient (Wildman–Crippen LogP) is 2.74. The number of aromatic nitrogens is 1. The van der Waals surface area contributed by atoms with E-state index in [9.17, 15) is 13.2 Å². The normalized spacial score (nSPS) is 18.5. The van der Waals surface area contributed by atoms with Crippen molar-refractivity contribution in [1.82, 2.24) is 9.29 Å². The van der Waals surface area contributed by atoms with Crippen LogP contribution in [0, 0.1) is 19.8 Å². The number of nitrogens with one attached hydrogen (secondary N) is 1. The van der Waals surface area contributed by atoms with E-state index >= 15 is 0 Å². The fraction of sp³-hybridized carbons (Fsp3) is 0.368. The molecule has 6 nitrogen and oxygen atoms in total. The summed E-state index contributed by atoms with van der Waals surface area (Å²) in [4.78, 5) is 17.0. The molecule has 0 spiro atoms. The van der Waals surface area contributed by atoms with Crippen LogP contribution in [0.25, 0.3) is 0 Å². The number of benzene rings is 1. The van der Waals surface area contributed by atoms with Gasteiger partial charge in [-0.3, -0.25) is 4.79 Å². The minimum atomic E-state index is -3.59. The van der Waals surface area contributed by atoms with E-state index in [1.54, 1.807) is 30.5 Å². The third-order valence-corrected chi connectivity index (χ3v) is 6.54. The Bertz CT molecular complexity index is 895. The van der Waals surface area contributed by atoms with Crippen LogP contribution in [-0.2, 0) is 14.8 Å². The zero-order chi connectivity index (χ0) is 18.7. The molecule has 26 heavy (non-hydrogen) atoms. The first-order valence-corrected chi connectivity index (χ1v) is 10.1. The van der Waals surface area contributed by atoms with Crippen LogP contribution in [-0.4, -0.2) is 36.7 Å². The molecule has 1 N–H and O–H groups in total. The second-order valence-electron chi connectivity index (χ2n) is 6.67. The van der Waals surface area contributed by atoms with Crippen LogP contribution in [0.3, 0.4) is 0 Å². The maximum absolute atomic E-state index is 12.9. The van der Waals surface area contributed by atoms with Crippen LogP contribution in [0.1, 0.15) is 24.0 Å². The highest BCUT2D eigenvalue weighted by atomic mass is 32.2. The molecule has 2 aromatic rings. The van der Waals surface area contributed by atoms with Gasteiger partial charge in [-0.25, -0.2) is 13.4 Å². The van der Waals surface area contributed by atoms with Crippen molar-refractivity contribution in [2.75, 3.05) is 18.4 Å². The Morgan fingerprint density at radius 3 is 2.62 bits per heavy atom. The summed E-state index contributed by atoms with van der Waals surface area (Å²) < 4.78 is 27.1. The number of amides is 1. The Kier molecular flexibility index (Phi) is 5.38. The summed E-state index contributed by atoms with van der Waals surface area (Å²) in [7, 11) is -3.59. The predicted molar refractivity (Wildman–Crippen MR) is 100 cm³/mol. The SMILES string of the molecule is Cc1ccc(S(=O)(=O)N2CCC[C@H](C(=O)Nc3ncccc3C)C2)cc1. The van der Waals surface area contributed by atoms with E-state index in [0.29, 0.717) is 25.2 Å². The van der Waals surface area contributed by atoms with Gasteiger partial charge in [0.05, 0.1) is 10.8 Å². The van der Waals surface area contributed by atoms with Crippen molar-refractivity contribution >= 4 is 21.7 Å². The van der Waals surface area contributed by atoms with Gasteiger partial charge < -0.3 is 5.32 Å². The van der Waals surface area contributed by atoms with Gasteiger partial charge in [-0.15, -0.1) is 0 Å².